The van der Waals surface area contributed by atoms with Crippen LogP contribution in [0.15, 0.2) is 12.2 Å². The van der Waals surface area contributed by atoms with Gasteiger partial charge in [-0.05, 0) is 32.6 Å². The second-order valence-electron chi connectivity index (χ2n) is 4.59. The Morgan fingerprint density at radius 1 is 1.38 bits per heavy atom. The van der Waals surface area contributed by atoms with E-state index in [0.29, 0.717) is 0 Å². The number of nitrogens with one attached hydrogen (secondary N) is 1. The lowest BCUT2D eigenvalue weighted by molar-refractivity contribution is -0.133. The maximum absolute atomic E-state index is 12.0. The molecule has 0 aliphatic carbocycles. The fourth-order valence-electron chi connectivity index (χ4n) is 1.90. The number of nitrogens with zero attached hydrogens (tertiary/aromatic N) is 1. The molecule has 1 aliphatic rings. The Labute approximate surface area is 98.9 Å². The quantitative estimate of drug-likeness (QED) is 0.724. The van der Waals surface area contributed by atoms with E-state index in [4.69, 9.17) is 0 Å². The Morgan fingerprint density at radius 3 is 2.56 bits per heavy atom. The molecule has 0 aromatic carbocycles. The second-order valence-corrected chi connectivity index (χ2v) is 4.59. The molecule has 1 aliphatic heterocycles. The maximum atomic E-state index is 12.0. The van der Waals surface area contributed by atoms with Gasteiger partial charge in [0.2, 0.25) is 5.91 Å². The highest BCUT2D eigenvalue weighted by Gasteiger charge is 2.21. The minimum atomic E-state index is -0.0820. The van der Waals surface area contributed by atoms with Gasteiger partial charge in [-0.1, -0.05) is 19.1 Å². The lowest BCUT2D eigenvalue weighted by Crippen LogP contribution is -2.47. The van der Waals surface area contributed by atoms with Crippen LogP contribution in [-0.4, -0.2) is 36.5 Å². The molecule has 0 bridgehead atoms. The molecular weight excluding hydrogens is 200 g/mol. The number of amides is 1. The van der Waals surface area contributed by atoms with Gasteiger partial charge in [0.25, 0.3) is 0 Å². The average molecular weight is 224 g/mol. The second kappa shape index (κ2) is 6.69. The van der Waals surface area contributed by atoms with Crippen LogP contribution in [0.25, 0.3) is 0 Å². The average Bonchev–Trinajstić information content (AvgIpc) is 2.35. The first-order valence-corrected chi connectivity index (χ1v) is 6.34. The van der Waals surface area contributed by atoms with E-state index in [1.807, 2.05) is 11.8 Å². The Hall–Kier alpha value is -0.830. The third-order valence-corrected chi connectivity index (χ3v) is 3.20. The number of carbonyl (C=O) groups excluding carboxylic acids is 1. The first-order valence-electron chi connectivity index (χ1n) is 6.34. The lowest BCUT2D eigenvalue weighted by atomic mass is 10.1. The highest BCUT2D eigenvalue weighted by atomic mass is 16.2. The van der Waals surface area contributed by atoms with Crippen molar-refractivity contribution in [3.63, 3.8) is 0 Å². The summed E-state index contributed by atoms with van der Waals surface area (Å²) in [4.78, 5) is 14.0. The topological polar surface area (TPSA) is 32.3 Å². The third-order valence-electron chi connectivity index (χ3n) is 3.20. The van der Waals surface area contributed by atoms with E-state index in [-0.39, 0.29) is 11.9 Å². The van der Waals surface area contributed by atoms with Gasteiger partial charge in [-0.3, -0.25) is 4.79 Å². The van der Waals surface area contributed by atoms with Crippen molar-refractivity contribution < 1.29 is 4.79 Å². The van der Waals surface area contributed by atoms with Gasteiger partial charge in [0.15, 0.2) is 0 Å². The number of piperidine rings is 1. The highest BCUT2D eigenvalue weighted by Crippen LogP contribution is 2.10. The summed E-state index contributed by atoms with van der Waals surface area (Å²) in [5.41, 5.74) is 1.15. The van der Waals surface area contributed by atoms with Crippen LogP contribution in [0.3, 0.4) is 0 Å². The summed E-state index contributed by atoms with van der Waals surface area (Å²) in [6, 6.07) is -0.0820. The van der Waals surface area contributed by atoms with E-state index in [9.17, 15) is 4.79 Å². The molecule has 1 fully saturated rings. The summed E-state index contributed by atoms with van der Waals surface area (Å²) >= 11 is 0. The van der Waals surface area contributed by atoms with Crippen LogP contribution in [0.2, 0.25) is 0 Å². The van der Waals surface area contributed by atoms with Crippen molar-refractivity contribution in [1.29, 1.82) is 0 Å². The van der Waals surface area contributed by atoms with E-state index in [1.54, 1.807) is 0 Å². The van der Waals surface area contributed by atoms with Crippen molar-refractivity contribution in [2.45, 2.75) is 45.6 Å². The van der Waals surface area contributed by atoms with Crippen LogP contribution in [0.4, 0.5) is 0 Å². The number of hydrogen-bond acceptors (Lipinski definition) is 2. The van der Waals surface area contributed by atoms with Crippen molar-refractivity contribution in [2.75, 3.05) is 19.6 Å². The molecule has 1 rings (SSSR count). The van der Waals surface area contributed by atoms with E-state index < -0.39 is 0 Å². The molecule has 1 saturated heterocycles. The van der Waals surface area contributed by atoms with E-state index in [1.165, 1.54) is 6.42 Å². The Morgan fingerprint density at radius 2 is 2.00 bits per heavy atom. The van der Waals surface area contributed by atoms with Crippen molar-refractivity contribution in [1.82, 2.24) is 10.2 Å². The zero-order valence-electron chi connectivity index (χ0n) is 10.6. The summed E-state index contributed by atoms with van der Waals surface area (Å²) in [6.07, 6.45) is 4.54. The third kappa shape index (κ3) is 3.97. The fourth-order valence-corrected chi connectivity index (χ4v) is 1.90. The van der Waals surface area contributed by atoms with Crippen molar-refractivity contribution in [2.24, 2.45) is 0 Å². The monoisotopic (exact) mass is 224 g/mol. The predicted molar refractivity (Wildman–Crippen MR) is 67.3 cm³/mol. The van der Waals surface area contributed by atoms with Gasteiger partial charge >= 0.3 is 0 Å². The molecule has 0 spiro atoms. The Balaban J connectivity index is 2.31. The van der Waals surface area contributed by atoms with Crippen LogP contribution in [0, 0.1) is 0 Å². The summed E-state index contributed by atoms with van der Waals surface area (Å²) in [5, 5.41) is 3.24. The minimum absolute atomic E-state index is 0.0820. The maximum Gasteiger partial charge on any atom is 0.239 e. The standard InChI is InChI=1S/C13H24N2O/c1-4-11(2)10-14-12(3)13(16)15-8-6-5-7-9-15/h12,14H,2,4-10H2,1,3H3. The van der Waals surface area contributed by atoms with Gasteiger partial charge in [0, 0.05) is 19.6 Å². The molecule has 0 aromatic rings. The first-order chi connectivity index (χ1) is 7.65. The number of hydrogen-bond donors (Lipinski definition) is 1. The first kappa shape index (κ1) is 13.2. The fraction of sp³-hybridized carbons (Fsp3) is 0.769. The van der Waals surface area contributed by atoms with Crippen molar-refractivity contribution >= 4 is 5.91 Å². The van der Waals surface area contributed by atoms with Crippen LogP contribution in [0.1, 0.15) is 39.5 Å². The van der Waals surface area contributed by atoms with E-state index >= 15 is 0 Å². The Bertz CT molecular complexity index is 244. The largest absolute Gasteiger partial charge is 0.341 e. The molecule has 1 heterocycles. The molecule has 3 nitrogen and oxygen atoms in total. The van der Waals surface area contributed by atoms with Gasteiger partial charge in [0.05, 0.1) is 6.04 Å². The molecule has 1 unspecified atom stereocenters. The van der Waals surface area contributed by atoms with Crippen LogP contribution < -0.4 is 5.32 Å². The molecule has 0 aromatic heterocycles. The summed E-state index contributed by atoms with van der Waals surface area (Å²) in [7, 11) is 0. The van der Waals surface area contributed by atoms with Gasteiger partial charge in [0.1, 0.15) is 0 Å². The van der Waals surface area contributed by atoms with Gasteiger partial charge in [-0.25, -0.2) is 0 Å². The smallest absolute Gasteiger partial charge is 0.239 e. The van der Waals surface area contributed by atoms with Gasteiger partial charge < -0.3 is 10.2 Å². The van der Waals surface area contributed by atoms with Gasteiger partial charge in [-0.2, -0.15) is 0 Å². The lowest BCUT2D eigenvalue weighted by Gasteiger charge is -2.29. The molecule has 1 N–H and O–H groups in total. The molecule has 1 amide bonds. The number of likely N-dealkylation sites (tertiary alicyclic amines) is 1. The predicted octanol–water partition coefficient (Wildman–Crippen LogP) is 1.94. The van der Waals surface area contributed by atoms with Crippen LogP contribution >= 0.6 is 0 Å². The highest BCUT2D eigenvalue weighted by molar-refractivity contribution is 5.81. The van der Waals surface area contributed by atoms with E-state index in [0.717, 1.165) is 44.5 Å². The summed E-state index contributed by atoms with van der Waals surface area (Å²) in [5.74, 6) is 0.239. The summed E-state index contributed by atoms with van der Waals surface area (Å²) in [6.45, 7) is 10.6. The SMILES string of the molecule is C=C(CC)CNC(C)C(=O)N1CCCCC1. The zero-order chi connectivity index (χ0) is 12.0. The zero-order valence-corrected chi connectivity index (χ0v) is 10.6. The number of rotatable bonds is 5. The molecule has 16 heavy (non-hydrogen) atoms. The molecule has 0 radical (unpaired) electrons. The molecule has 1 atom stereocenters. The molecular formula is C13H24N2O. The van der Waals surface area contributed by atoms with Crippen molar-refractivity contribution in [3.05, 3.63) is 12.2 Å². The molecule has 92 valence electrons. The number of carbonyl (C=O) groups is 1. The molecule has 0 saturated carbocycles. The Kier molecular flexibility index (Phi) is 5.53. The van der Waals surface area contributed by atoms with Gasteiger partial charge in [-0.15, -0.1) is 0 Å². The van der Waals surface area contributed by atoms with Crippen LogP contribution in [-0.2, 0) is 4.79 Å². The normalized spacial score (nSPS) is 18.2. The minimum Gasteiger partial charge on any atom is -0.341 e. The van der Waals surface area contributed by atoms with Crippen molar-refractivity contribution in [3.8, 4) is 0 Å². The van der Waals surface area contributed by atoms with E-state index in [2.05, 4.69) is 18.8 Å². The van der Waals surface area contributed by atoms with Crippen LogP contribution in [0.5, 0.6) is 0 Å². The molecule has 3 heteroatoms. The summed E-state index contributed by atoms with van der Waals surface area (Å²) < 4.78 is 0.